The van der Waals surface area contributed by atoms with Gasteiger partial charge in [-0.05, 0) is 24.3 Å². The zero-order valence-corrected chi connectivity index (χ0v) is 8.54. The summed E-state index contributed by atoms with van der Waals surface area (Å²) < 4.78 is 7.79. The Labute approximate surface area is 86.5 Å². The first-order valence-electron chi connectivity index (χ1n) is 4.47. The minimum Gasteiger partial charge on any atom is -0.497 e. The Hall–Kier alpha value is -2.04. The van der Waals surface area contributed by atoms with Crippen molar-refractivity contribution >= 4 is 0 Å². The second-order valence-electron chi connectivity index (χ2n) is 3.11. The molecule has 0 aliphatic heterocycles. The van der Waals surface area contributed by atoms with Gasteiger partial charge < -0.3 is 4.74 Å². The number of ether oxygens (including phenoxy) is 1. The van der Waals surface area contributed by atoms with E-state index in [1.54, 1.807) is 26.3 Å². The second kappa shape index (κ2) is 3.61. The average Bonchev–Trinajstić information content (AvgIpc) is 2.60. The van der Waals surface area contributed by atoms with Gasteiger partial charge in [-0.3, -0.25) is 0 Å². The number of rotatable bonds is 2. The predicted octanol–water partition coefficient (Wildman–Crippen LogP) is 0.580. The van der Waals surface area contributed by atoms with E-state index in [1.165, 1.54) is 15.6 Å². The fraction of sp³-hybridized carbons (Fsp3) is 0.200. The van der Waals surface area contributed by atoms with E-state index in [4.69, 9.17) is 4.74 Å². The normalized spacial score (nSPS) is 10.3. The Balaban J connectivity index is 2.46. The molecule has 78 valence electrons. The van der Waals surface area contributed by atoms with Gasteiger partial charge in [0.1, 0.15) is 12.1 Å². The number of hydrogen-bond acceptors (Lipinski definition) is 3. The van der Waals surface area contributed by atoms with Crippen molar-refractivity contribution in [2.75, 3.05) is 7.11 Å². The van der Waals surface area contributed by atoms with Gasteiger partial charge in [-0.2, -0.15) is 5.10 Å². The minimum atomic E-state index is -0.167. The smallest absolute Gasteiger partial charge is 0.350 e. The van der Waals surface area contributed by atoms with Crippen molar-refractivity contribution in [1.82, 2.24) is 14.3 Å². The van der Waals surface area contributed by atoms with Gasteiger partial charge in [-0.25, -0.2) is 14.0 Å². The summed E-state index contributed by atoms with van der Waals surface area (Å²) in [5, 5.41) is 3.87. The van der Waals surface area contributed by atoms with Gasteiger partial charge in [0.25, 0.3) is 0 Å². The van der Waals surface area contributed by atoms with Crippen LogP contribution in [0.2, 0.25) is 0 Å². The number of aryl methyl sites for hydroxylation is 1. The molecule has 0 unspecified atom stereocenters. The summed E-state index contributed by atoms with van der Waals surface area (Å²) in [4.78, 5) is 11.6. The van der Waals surface area contributed by atoms with Gasteiger partial charge in [0, 0.05) is 7.05 Å². The molecule has 0 saturated heterocycles. The quantitative estimate of drug-likeness (QED) is 0.720. The van der Waals surface area contributed by atoms with Gasteiger partial charge in [-0.1, -0.05) is 0 Å². The summed E-state index contributed by atoms with van der Waals surface area (Å²) in [6.45, 7) is 0. The van der Waals surface area contributed by atoms with Crippen LogP contribution < -0.4 is 10.4 Å². The van der Waals surface area contributed by atoms with Crippen LogP contribution in [0.1, 0.15) is 0 Å². The fourth-order valence-corrected chi connectivity index (χ4v) is 1.30. The van der Waals surface area contributed by atoms with Crippen LogP contribution in [0.15, 0.2) is 35.4 Å². The van der Waals surface area contributed by atoms with Crippen LogP contribution in [0.25, 0.3) is 5.69 Å². The van der Waals surface area contributed by atoms with Gasteiger partial charge in [0.15, 0.2) is 0 Å². The zero-order chi connectivity index (χ0) is 10.8. The molecule has 0 bridgehead atoms. The molecule has 0 atom stereocenters. The van der Waals surface area contributed by atoms with Gasteiger partial charge in [0.2, 0.25) is 0 Å². The maximum absolute atomic E-state index is 11.6. The van der Waals surface area contributed by atoms with E-state index in [1.807, 2.05) is 12.1 Å². The first kappa shape index (κ1) is 9.51. The largest absolute Gasteiger partial charge is 0.497 e. The second-order valence-corrected chi connectivity index (χ2v) is 3.11. The molecule has 0 aliphatic rings. The highest BCUT2D eigenvalue weighted by molar-refractivity contribution is 5.36. The van der Waals surface area contributed by atoms with Crippen molar-refractivity contribution < 1.29 is 4.74 Å². The number of nitrogens with zero attached hydrogens (tertiary/aromatic N) is 3. The van der Waals surface area contributed by atoms with E-state index >= 15 is 0 Å². The zero-order valence-electron chi connectivity index (χ0n) is 8.54. The maximum atomic E-state index is 11.6. The van der Waals surface area contributed by atoms with Crippen molar-refractivity contribution in [1.29, 1.82) is 0 Å². The molecule has 2 rings (SSSR count). The third-order valence-electron chi connectivity index (χ3n) is 2.17. The van der Waals surface area contributed by atoms with Crippen molar-refractivity contribution in [3.63, 3.8) is 0 Å². The monoisotopic (exact) mass is 205 g/mol. The number of aromatic nitrogens is 3. The maximum Gasteiger partial charge on any atom is 0.350 e. The van der Waals surface area contributed by atoms with Crippen molar-refractivity contribution in [3.05, 3.63) is 41.1 Å². The molecular weight excluding hydrogens is 194 g/mol. The highest BCUT2D eigenvalue weighted by atomic mass is 16.5. The molecule has 15 heavy (non-hydrogen) atoms. The van der Waals surface area contributed by atoms with Crippen LogP contribution >= 0.6 is 0 Å². The molecule has 1 heterocycles. The molecule has 5 heteroatoms. The van der Waals surface area contributed by atoms with Crippen LogP contribution in [0, 0.1) is 0 Å². The Morgan fingerprint density at radius 3 is 2.40 bits per heavy atom. The van der Waals surface area contributed by atoms with Crippen molar-refractivity contribution in [3.8, 4) is 11.4 Å². The van der Waals surface area contributed by atoms with Crippen LogP contribution in [0.4, 0.5) is 0 Å². The SMILES string of the molecule is COc1ccc(-n2cnn(C)c2=O)cc1. The standard InChI is InChI=1S/C10H11N3O2/c1-12-10(14)13(7-11-12)8-3-5-9(15-2)6-4-8/h3-7H,1-2H3. The summed E-state index contributed by atoms with van der Waals surface area (Å²) in [5.41, 5.74) is 0.606. The molecule has 0 amide bonds. The van der Waals surface area contributed by atoms with E-state index in [9.17, 15) is 4.79 Å². The Kier molecular flexibility index (Phi) is 2.29. The van der Waals surface area contributed by atoms with E-state index in [0.29, 0.717) is 0 Å². The van der Waals surface area contributed by atoms with E-state index in [2.05, 4.69) is 5.10 Å². The highest BCUT2D eigenvalue weighted by Gasteiger charge is 2.03. The average molecular weight is 205 g/mol. The predicted molar refractivity (Wildman–Crippen MR) is 55.4 cm³/mol. The summed E-state index contributed by atoms with van der Waals surface area (Å²) >= 11 is 0. The molecule has 0 aliphatic carbocycles. The molecule has 0 saturated carbocycles. The minimum absolute atomic E-state index is 0.167. The van der Waals surface area contributed by atoms with Gasteiger partial charge >= 0.3 is 5.69 Å². The van der Waals surface area contributed by atoms with E-state index < -0.39 is 0 Å². The van der Waals surface area contributed by atoms with Gasteiger partial charge in [0.05, 0.1) is 12.8 Å². The third kappa shape index (κ3) is 1.63. The van der Waals surface area contributed by atoms with E-state index in [-0.39, 0.29) is 5.69 Å². The molecule has 0 spiro atoms. The van der Waals surface area contributed by atoms with E-state index in [0.717, 1.165) is 11.4 Å². The lowest BCUT2D eigenvalue weighted by atomic mass is 10.3. The summed E-state index contributed by atoms with van der Waals surface area (Å²) in [5.74, 6) is 0.760. The highest BCUT2D eigenvalue weighted by Crippen LogP contribution is 2.12. The number of hydrogen-bond donors (Lipinski definition) is 0. The lowest BCUT2D eigenvalue weighted by Crippen LogP contribution is -2.21. The first-order valence-corrected chi connectivity index (χ1v) is 4.47. The summed E-state index contributed by atoms with van der Waals surface area (Å²) in [7, 11) is 3.22. The van der Waals surface area contributed by atoms with Crippen LogP contribution in [0.5, 0.6) is 5.75 Å². The van der Waals surface area contributed by atoms with Gasteiger partial charge in [-0.15, -0.1) is 0 Å². The first-order chi connectivity index (χ1) is 7.22. The fourth-order valence-electron chi connectivity index (χ4n) is 1.30. The van der Waals surface area contributed by atoms with Crippen LogP contribution in [0.3, 0.4) is 0 Å². The molecule has 1 aromatic carbocycles. The van der Waals surface area contributed by atoms with Crippen molar-refractivity contribution in [2.24, 2.45) is 7.05 Å². The molecule has 0 radical (unpaired) electrons. The van der Waals surface area contributed by atoms with Crippen molar-refractivity contribution in [2.45, 2.75) is 0 Å². The Bertz CT molecular complexity index is 510. The number of benzene rings is 1. The molecule has 0 N–H and O–H groups in total. The molecular formula is C10H11N3O2. The summed E-state index contributed by atoms with van der Waals surface area (Å²) in [6.07, 6.45) is 1.49. The molecule has 1 aromatic heterocycles. The Morgan fingerprint density at radius 2 is 1.93 bits per heavy atom. The lowest BCUT2D eigenvalue weighted by Gasteiger charge is -2.02. The Morgan fingerprint density at radius 1 is 1.27 bits per heavy atom. The lowest BCUT2D eigenvalue weighted by molar-refractivity contribution is 0.414. The molecule has 0 fully saturated rings. The van der Waals surface area contributed by atoms with Crippen LogP contribution in [-0.4, -0.2) is 21.5 Å². The summed E-state index contributed by atoms with van der Waals surface area (Å²) in [6, 6.07) is 7.22. The molecule has 5 nitrogen and oxygen atoms in total. The van der Waals surface area contributed by atoms with Crippen LogP contribution in [-0.2, 0) is 7.05 Å². The number of methoxy groups -OCH3 is 1. The molecule has 2 aromatic rings. The third-order valence-corrected chi connectivity index (χ3v) is 2.17. The topological polar surface area (TPSA) is 49.0 Å².